The molecule has 1 unspecified atom stereocenters. The summed E-state index contributed by atoms with van der Waals surface area (Å²) < 4.78 is 5.35. The molecule has 1 aromatic heterocycles. The van der Waals surface area contributed by atoms with Crippen molar-refractivity contribution in [3.05, 3.63) is 28.9 Å². The van der Waals surface area contributed by atoms with Crippen molar-refractivity contribution < 1.29 is 0 Å². The number of fused-ring (bicyclic) bond motifs is 1. The van der Waals surface area contributed by atoms with Crippen LogP contribution in [0, 0.1) is 0 Å². The Labute approximate surface area is 91.9 Å². The molecule has 0 aliphatic rings. The Morgan fingerprint density at radius 3 is 3.07 bits per heavy atom. The predicted molar refractivity (Wildman–Crippen MR) is 62.0 cm³/mol. The molecule has 0 bridgehead atoms. The number of benzene rings is 1. The van der Waals surface area contributed by atoms with Crippen LogP contribution in [-0.4, -0.2) is 10.4 Å². The Morgan fingerprint density at radius 2 is 2.36 bits per heavy atom. The molecule has 2 rings (SSSR count). The molecule has 74 valence electrons. The summed E-state index contributed by atoms with van der Waals surface area (Å²) >= 11 is 7.50. The van der Waals surface area contributed by atoms with Gasteiger partial charge in [0, 0.05) is 22.6 Å². The fourth-order valence-corrected chi connectivity index (χ4v) is 2.51. The molecule has 0 saturated heterocycles. The minimum absolute atomic E-state index is 0.152. The zero-order valence-electron chi connectivity index (χ0n) is 7.83. The van der Waals surface area contributed by atoms with Crippen molar-refractivity contribution in [2.24, 2.45) is 5.73 Å². The molecule has 1 heterocycles. The van der Waals surface area contributed by atoms with Gasteiger partial charge in [0.15, 0.2) is 0 Å². The smallest absolute Gasteiger partial charge is 0.0583 e. The average Bonchev–Trinajstić information content (AvgIpc) is 2.50. The Balaban J connectivity index is 2.55. The molecule has 0 aliphatic heterocycles. The molecule has 0 spiro atoms. The zero-order chi connectivity index (χ0) is 10.1. The van der Waals surface area contributed by atoms with E-state index in [0.717, 1.165) is 16.8 Å². The summed E-state index contributed by atoms with van der Waals surface area (Å²) in [6, 6.07) is 4.06. The lowest BCUT2D eigenvalue weighted by Crippen LogP contribution is -2.17. The third-order valence-corrected chi connectivity index (χ3v) is 3.15. The second-order valence-corrected chi connectivity index (χ2v) is 4.73. The first-order valence-electron chi connectivity index (χ1n) is 4.45. The molecule has 1 aromatic carbocycles. The summed E-state index contributed by atoms with van der Waals surface area (Å²) in [6.45, 7) is 1.99. The lowest BCUT2D eigenvalue weighted by atomic mass is 10.1. The zero-order valence-corrected chi connectivity index (χ0v) is 9.40. The standard InChI is InChI=1S/C10H11ClN2S/c1-6(12)2-7-3-9(11)4-8-5-13-14-10(7)8/h3-6H,2,12H2,1H3. The van der Waals surface area contributed by atoms with Crippen LogP contribution < -0.4 is 5.73 Å². The quantitative estimate of drug-likeness (QED) is 0.855. The van der Waals surface area contributed by atoms with Crippen LogP contribution in [0.25, 0.3) is 10.1 Å². The normalized spacial score (nSPS) is 13.4. The Kier molecular flexibility index (Phi) is 2.72. The highest BCUT2D eigenvalue weighted by Crippen LogP contribution is 2.27. The lowest BCUT2D eigenvalue weighted by Gasteiger charge is -2.06. The van der Waals surface area contributed by atoms with E-state index in [1.54, 1.807) is 0 Å². The van der Waals surface area contributed by atoms with E-state index in [-0.39, 0.29) is 6.04 Å². The van der Waals surface area contributed by atoms with E-state index >= 15 is 0 Å². The second kappa shape index (κ2) is 3.85. The number of hydrogen-bond donors (Lipinski definition) is 1. The fourth-order valence-electron chi connectivity index (χ4n) is 1.51. The maximum atomic E-state index is 6.00. The van der Waals surface area contributed by atoms with Gasteiger partial charge in [-0.1, -0.05) is 11.6 Å². The van der Waals surface area contributed by atoms with Crippen LogP contribution >= 0.6 is 23.1 Å². The van der Waals surface area contributed by atoms with Gasteiger partial charge in [0.25, 0.3) is 0 Å². The summed E-state index contributed by atoms with van der Waals surface area (Å²) in [5, 5.41) is 1.87. The number of rotatable bonds is 2. The SMILES string of the molecule is CC(N)Cc1cc(Cl)cc2cnsc12. The first-order valence-corrected chi connectivity index (χ1v) is 5.60. The van der Waals surface area contributed by atoms with Crippen molar-refractivity contribution in [2.45, 2.75) is 19.4 Å². The number of nitrogens with two attached hydrogens (primary N) is 1. The number of aromatic nitrogens is 1. The maximum absolute atomic E-state index is 6.00. The molecule has 1 atom stereocenters. The molecule has 2 nitrogen and oxygen atoms in total. The minimum Gasteiger partial charge on any atom is -0.328 e. The van der Waals surface area contributed by atoms with Crippen LogP contribution in [0.1, 0.15) is 12.5 Å². The van der Waals surface area contributed by atoms with Gasteiger partial charge in [-0.25, -0.2) is 0 Å². The molecular formula is C10H11ClN2S. The van der Waals surface area contributed by atoms with Crippen molar-refractivity contribution >= 4 is 33.2 Å². The average molecular weight is 227 g/mol. The van der Waals surface area contributed by atoms with Crippen molar-refractivity contribution in [3.8, 4) is 0 Å². The molecule has 0 saturated carbocycles. The van der Waals surface area contributed by atoms with Crippen molar-refractivity contribution in [3.63, 3.8) is 0 Å². The highest BCUT2D eigenvalue weighted by molar-refractivity contribution is 7.13. The molecule has 0 radical (unpaired) electrons. The van der Waals surface area contributed by atoms with Crippen LogP contribution in [0.4, 0.5) is 0 Å². The van der Waals surface area contributed by atoms with Gasteiger partial charge in [-0.05, 0) is 42.6 Å². The number of hydrogen-bond acceptors (Lipinski definition) is 3. The van der Waals surface area contributed by atoms with Crippen LogP contribution in [0.3, 0.4) is 0 Å². The van der Waals surface area contributed by atoms with Gasteiger partial charge in [0.2, 0.25) is 0 Å². The molecular weight excluding hydrogens is 216 g/mol. The number of nitrogens with zero attached hydrogens (tertiary/aromatic N) is 1. The maximum Gasteiger partial charge on any atom is 0.0583 e. The molecule has 14 heavy (non-hydrogen) atoms. The van der Waals surface area contributed by atoms with E-state index in [0.29, 0.717) is 0 Å². The van der Waals surface area contributed by atoms with Gasteiger partial charge in [-0.3, -0.25) is 0 Å². The topological polar surface area (TPSA) is 38.9 Å². The fraction of sp³-hybridized carbons (Fsp3) is 0.300. The Bertz CT molecular complexity index is 450. The van der Waals surface area contributed by atoms with Gasteiger partial charge in [0.1, 0.15) is 0 Å². The summed E-state index contributed by atoms with van der Waals surface area (Å²) in [4.78, 5) is 0. The third kappa shape index (κ3) is 1.90. The highest BCUT2D eigenvalue weighted by atomic mass is 35.5. The summed E-state index contributed by atoms with van der Waals surface area (Å²) in [5.74, 6) is 0. The van der Waals surface area contributed by atoms with Gasteiger partial charge >= 0.3 is 0 Å². The van der Waals surface area contributed by atoms with E-state index in [9.17, 15) is 0 Å². The van der Waals surface area contributed by atoms with E-state index in [1.807, 2.05) is 25.3 Å². The first-order chi connectivity index (χ1) is 6.66. The number of halogens is 1. The van der Waals surface area contributed by atoms with Gasteiger partial charge in [0.05, 0.1) is 4.70 Å². The highest BCUT2D eigenvalue weighted by Gasteiger charge is 2.07. The van der Waals surface area contributed by atoms with Crippen LogP contribution in [0.15, 0.2) is 18.3 Å². The van der Waals surface area contributed by atoms with E-state index < -0.39 is 0 Å². The van der Waals surface area contributed by atoms with Gasteiger partial charge in [-0.15, -0.1) is 0 Å². The van der Waals surface area contributed by atoms with Crippen LogP contribution in [-0.2, 0) is 6.42 Å². The third-order valence-electron chi connectivity index (χ3n) is 2.04. The van der Waals surface area contributed by atoms with Crippen LogP contribution in [0.2, 0.25) is 5.02 Å². The Hall–Kier alpha value is -0.640. The molecule has 2 N–H and O–H groups in total. The molecule has 2 aromatic rings. The van der Waals surface area contributed by atoms with Crippen molar-refractivity contribution in [1.29, 1.82) is 0 Å². The molecule has 4 heteroatoms. The predicted octanol–water partition coefficient (Wildman–Crippen LogP) is 2.84. The second-order valence-electron chi connectivity index (χ2n) is 3.49. The van der Waals surface area contributed by atoms with Crippen LogP contribution in [0.5, 0.6) is 0 Å². The molecule has 0 amide bonds. The van der Waals surface area contributed by atoms with E-state index in [4.69, 9.17) is 17.3 Å². The molecule has 0 fully saturated rings. The largest absolute Gasteiger partial charge is 0.328 e. The van der Waals surface area contributed by atoms with Crippen molar-refractivity contribution in [1.82, 2.24) is 4.37 Å². The Morgan fingerprint density at radius 1 is 1.57 bits per heavy atom. The van der Waals surface area contributed by atoms with Gasteiger partial charge < -0.3 is 5.73 Å². The summed E-state index contributed by atoms with van der Waals surface area (Å²) in [6.07, 6.45) is 2.69. The monoisotopic (exact) mass is 226 g/mol. The van der Waals surface area contributed by atoms with E-state index in [2.05, 4.69) is 4.37 Å². The lowest BCUT2D eigenvalue weighted by molar-refractivity contribution is 0.742. The molecule has 0 aliphatic carbocycles. The summed E-state index contributed by atoms with van der Waals surface area (Å²) in [7, 11) is 0. The first kappa shape index (κ1) is 9.90. The van der Waals surface area contributed by atoms with Gasteiger partial charge in [-0.2, -0.15) is 4.37 Å². The van der Waals surface area contributed by atoms with Crippen molar-refractivity contribution in [2.75, 3.05) is 0 Å². The minimum atomic E-state index is 0.152. The summed E-state index contributed by atoms with van der Waals surface area (Å²) in [5.41, 5.74) is 6.97. The van der Waals surface area contributed by atoms with E-state index in [1.165, 1.54) is 21.8 Å².